The smallest absolute Gasteiger partial charge is 0.0790 e. The Kier molecular flexibility index (Phi) is 4.20. The molecule has 1 aromatic heterocycles. The molecule has 0 bridgehead atoms. The van der Waals surface area contributed by atoms with Gasteiger partial charge in [0.1, 0.15) is 0 Å². The van der Waals surface area contributed by atoms with Crippen LogP contribution in [0.4, 0.5) is 0 Å². The Balaban J connectivity index is 1.73. The Morgan fingerprint density at radius 2 is 2.27 bits per heavy atom. The molecule has 1 fully saturated rings. The van der Waals surface area contributed by atoms with Gasteiger partial charge in [-0.1, -0.05) is 12.8 Å². The van der Waals surface area contributed by atoms with Gasteiger partial charge in [-0.25, -0.2) is 0 Å². The molecule has 4 heteroatoms. The van der Waals surface area contributed by atoms with Gasteiger partial charge >= 0.3 is 0 Å². The van der Waals surface area contributed by atoms with E-state index in [9.17, 15) is 0 Å². The number of hydrogen-bond acceptors (Lipinski definition) is 3. The average molecular weight is 290 g/mol. The van der Waals surface area contributed by atoms with E-state index >= 15 is 0 Å². The Bertz CT molecular complexity index is 301. The Labute approximate surface area is 103 Å². The first-order valence-electron chi connectivity index (χ1n) is 5.39. The molecule has 0 unspecified atom stereocenters. The van der Waals surface area contributed by atoms with Crippen molar-refractivity contribution in [3.63, 3.8) is 0 Å². The summed E-state index contributed by atoms with van der Waals surface area (Å²) in [4.78, 5) is 8.24. The first-order valence-corrected chi connectivity index (χ1v) is 7.00. The van der Waals surface area contributed by atoms with Gasteiger partial charge in [-0.3, -0.25) is 4.84 Å². The fraction of sp³-hybridized carbons (Fsp3) is 0.636. The van der Waals surface area contributed by atoms with Crippen molar-refractivity contribution in [3.05, 3.63) is 20.3 Å². The molecule has 1 heterocycles. The second-order valence-electron chi connectivity index (χ2n) is 3.96. The Morgan fingerprint density at radius 1 is 1.53 bits per heavy atom. The molecule has 0 saturated heterocycles. The van der Waals surface area contributed by atoms with Crippen molar-refractivity contribution >= 4 is 27.3 Å². The van der Waals surface area contributed by atoms with Crippen LogP contribution in [0.5, 0.6) is 0 Å². The first-order chi connectivity index (χ1) is 7.25. The Hall–Kier alpha value is 0.100. The highest BCUT2D eigenvalue weighted by atomic mass is 79.9. The monoisotopic (exact) mass is 289 g/mol. The topological polar surface area (TPSA) is 21.3 Å². The molecule has 0 spiro atoms. The zero-order valence-electron chi connectivity index (χ0n) is 8.88. The van der Waals surface area contributed by atoms with Gasteiger partial charge in [0.25, 0.3) is 0 Å². The number of nitrogens with one attached hydrogen (secondary N) is 1. The van der Waals surface area contributed by atoms with Gasteiger partial charge in [-0.2, -0.15) is 5.48 Å². The number of aryl methyl sites for hydroxylation is 1. The van der Waals surface area contributed by atoms with Gasteiger partial charge in [0, 0.05) is 14.2 Å². The molecule has 1 aliphatic rings. The molecule has 0 aliphatic heterocycles. The molecular weight excluding hydrogens is 274 g/mol. The van der Waals surface area contributed by atoms with Crippen LogP contribution in [0.25, 0.3) is 0 Å². The minimum absolute atomic E-state index is 0.439. The summed E-state index contributed by atoms with van der Waals surface area (Å²) >= 11 is 5.32. The third-order valence-corrected chi connectivity index (χ3v) is 4.84. The maximum absolute atomic E-state index is 5.60. The summed E-state index contributed by atoms with van der Waals surface area (Å²) in [5, 5.41) is 0. The zero-order chi connectivity index (χ0) is 10.7. The minimum Gasteiger partial charge on any atom is -0.298 e. The lowest BCUT2D eigenvalue weighted by molar-refractivity contribution is -0.0239. The van der Waals surface area contributed by atoms with Crippen LogP contribution < -0.4 is 5.48 Å². The summed E-state index contributed by atoms with van der Waals surface area (Å²) in [6.45, 7) is 2.93. The van der Waals surface area contributed by atoms with Crippen molar-refractivity contribution in [2.75, 3.05) is 0 Å². The Morgan fingerprint density at radius 3 is 2.87 bits per heavy atom. The summed E-state index contributed by atoms with van der Waals surface area (Å²) in [7, 11) is 0. The van der Waals surface area contributed by atoms with E-state index in [1.165, 1.54) is 39.9 Å². The van der Waals surface area contributed by atoms with E-state index in [1.807, 2.05) is 11.3 Å². The van der Waals surface area contributed by atoms with Gasteiger partial charge in [-0.15, -0.1) is 11.3 Å². The van der Waals surface area contributed by atoms with E-state index in [0.29, 0.717) is 6.10 Å². The summed E-state index contributed by atoms with van der Waals surface area (Å²) in [5.41, 5.74) is 3.07. The van der Waals surface area contributed by atoms with Crippen molar-refractivity contribution in [3.8, 4) is 0 Å². The lowest BCUT2D eigenvalue weighted by Gasteiger charge is -2.10. The van der Waals surface area contributed by atoms with Crippen LogP contribution in [0.1, 0.15) is 35.4 Å². The minimum atomic E-state index is 0.439. The van der Waals surface area contributed by atoms with Crippen molar-refractivity contribution in [2.45, 2.75) is 45.3 Å². The van der Waals surface area contributed by atoms with Crippen LogP contribution in [0.3, 0.4) is 0 Å². The summed E-state index contributed by atoms with van der Waals surface area (Å²) in [5.74, 6) is 0. The van der Waals surface area contributed by atoms with Crippen LogP contribution in [-0.4, -0.2) is 6.10 Å². The van der Waals surface area contributed by atoms with E-state index in [2.05, 4.69) is 34.4 Å². The summed E-state index contributed by atoms with van der Waals surface area (Å²) < 4.78 is 1.20. The van der Waals surface area contributed by atoms with E-state index in [4.69, 9.17) is 4.84 Å². The molecule has 0 radical (unpaired) electrons. The SMILES string of the molecule is Cc1sc(CNOC2CCCC2)cc1Br. The van der Waals surface area contributed by atoms with Crippen LogP contribution >= 0.6 is 27.3 Å². The molecule has 84 valence electrons. The van der Waals surface area contributed by atoms with Gasteiger partial charge in [0.2, 0.25) is 0 Å². The summed E-state index contributed by atoms with van der Waals surface area (Å²) in [6.07, 6.45) is 5.49. The molecule has 1 N–H and O–H groups in total. The second kappa shape index (κ2) is 5.43. The highest BCUT2D eigenvalue weighted by molar-refractivity contribution is 9.10. The van der Waals surface area contributed by atoms with Crippen LogP contribution in [0.15, 0.2) is 10.5 Å². The number of hydroxylamine groups is 1. The molecule has 1 saturated carbocycles. The second-order valence-corrected chi connectivity index (χ2v) is 6.16. The largest absolute Gasteiger partial charge is 0.298 e. The van der Waals surface area contributed by atoms with E-state index in [0.717, 1.165) is 6.54 Å². The van der Waals surface area contributed by atoms with Gasteiger partial charge in [0.05, 0.1) is 12.6 Å². The van der Waals surface area contributed by atoms with Crippen molar-refractivity contribution < 1.29 is 4.84 Å². The highest BCUT2D eigenvalue weighted by Crippen LogP contribution is 2.26. The third kappa shape index (κ3) is 3.28. The zero-order valence-corrected chi connectivity index (χ0v) is 11.3. The fourth-order valence-corrected chi connectivity index (χ4v) is 3.37. The first kappa shape index (κ1) is 11.6. The van der Waals surface area contributed by atoms with Gasteiger partial charge in [0.15, 0.2) is 0 Å². The summed E-state index contributed by atoms with van der Waals surface area (Å²) in [6, 6.07) is 2.16. The van der Waals surface area contributed by atoms with Crippen LogP contribution in [-0.2, 0) is 11.4 Å². The third-order valence-electron chi connectivity index (χ3n) is 2.71. The molecule has 0 amide bonds. The molecule has 0 atom stereocenters. The number of hydrogen-bond donors (Lipinski definition) is 1. The van der Waals surface area contributed by atoms with Crippen molar-refractivity contribution in [1.29, 1.82) is 0 Å². The van der Waals surface area contributed by atoms with E-state index < -0.39 is 0 Å². The molecule has 15 heavy (non-hydrogen) atoms. The molecule has 2 nitrogen and oxygen atoms in total. The fourth-order valence-electron chi connectivity index (χ4n) is 1.84. The average Bonchev–Trinajstić information content (AvgIpc) is 2.79. The van der Waals surface area contributed by atoms with Gasteiger partial charge < -0.3 is 0 Å². The molecule has 2 rings (SSSR count). The molecular formula is C11H16BrNOS. The number of halogens is 1. The predicted molar refractivity (Wildman–Crippen MR) is 66.9 cm³/mol. The number of rotatable bonds is 4. The predicted octanol–water partition coefficient (Wildman–Crippen LogP) is 3.78. The van der Waals surface area contributed by atoms with Gasteiger partial charge in [-0.05, 0) is 41.8 Å². The lowest BCUT2D eigenvalue weighted by atomic mass is 10.3. The van der Waals surface area contributed by atoms with E-state index in [-0.39, 0.29) is 0 Å². The van der Waals surface area contributed by atoms with Crippen LogP contribution in [0, 0.1) is 6.92 Å². The normalized spacial score (nSPS) is 17.5. The number of thiophene rings is 1. The van der Waals surface area contributed by atoms with Crippen molar-refractivity contribution in [1.82, 2.24) is 5.48 Å². The van der Waals surface area contributed by atoms with Crippen molar-refractivity contribution in [2.24, 2.45) is 0 Å². The van der Waals surface area contributed by atoms with Crippen LogP contribution in [0.2, 0.25) is 0 Å². The standard InChI is InChI=1S/C11H16BrNOS/c1-8-11(12)6-10(15-8)7-13-14-9-4-2-3-5-9/h6,9,13H,2-5,7H2,1H3. The maximum Gasteiger partial charge on any atom is 0.0790 e. The molecule has 1 aliphatic carbocycles. The van der Waals surface area contributed by atoms with E-state index in [1.54, 1.807) is 0 Å². The molecule has 1 aromatic rings. The maximum atomic E-state index is 5.60. The quantitative estimate of drug-likeness (QED) is 0.852. The molecule has 0 aromatic carbocycles. The highest BCUT2D eigenvalue weighted by Gasteiger charge is 2.15. The lowest BCUT2D eigenvalue weighted by Crippen LogP contribution is -2.20.